The molecule has 0 saturated carbocycles. The van der Waals surface area contributed by atoms with E-state index >= 15 is 0 Å². The number of benzene rings is 2. The number of hydrogen-bond donors (Lipinski definition) is 1. The average Bonchev–Trinajstić information content (AvgIpc) is 2.79. The number of carbonyl (C=O) groups excluding carboxylic acids is 1. The highest BCUT2D eigenvalue weighted by Crippen LogP contribution is 2.33. The molecule has 0 unspecified atom stereocenters. The number of ether oxygens (including phenoxy) is 1. The van der Waals surface area contributed by atoms with Gasteiger partial charge in [0.15, 0.2) is 0 Å². The van der Waals surface area contributed by atoms with Crippen LogP contribution in [0, 0.1) is 5.82 Å². The van der Waals surface area contributed by atoms with Crippen molar-refractivity contribution in [2.45, 2.75) is 25.8 Å². The first-order valence-electron chi connectivity index (χ1n) is 9.96. The van der Waals surface area contributed by atoms with Gasteiger partial charge >= 0.3 is 0 Å². The lowest BCUT2D eigenvalue weighted by atomic mass is 9.91. The fourth-order valence-electron chi connectivity index (χ4n) is 3.78. The van der Waals surface area contributed by atoms with Crippen molar-refractivity contribution in [1.29, 1.82) is 0 Å². The van der Waals surface area contributed by atoms with E-state index in [1.165, 1.54) is 11.6 Å². The summed E-state index contributed by atoms with van der Waals surface area (Å²) in [5.74, 6) is 0.297. The van der Waals surface area contributed by atoms with Crippen molar-refractivity contribution in [2.75, 3.05) is 7.11 Å². The van der Waals surface area contributed by atoms with Gasteiger partial charge in [0.2, 0.25) is 5.91 Å². The fourth-order valence-corrected chi connectivity index (χ4v) is 3.78. The van der Waals surface area contributed by atoms with E-state index in [1.807, 2.05) is 18.3 Å². The lowest BCUT2D eigenvalue weighted by molar-refractivity contribution is -0.120. The zero-order valence-corrected chi connectivity index (χ0v) is 16.8. The van der Waals surface area contributed by atoms with Gasteiger partial charge in [0.25, 0.3) is 0 Å². The molecule has 0 atom stereocenters. The summed E-state index contributed by atoms with van der Waals surface area (Å²) < 4.78 is 19.2. The van der Waals surface area contributed by atoms with Crippen LogP contribution in [-0.2, 0) is 22.5 Å². The van der Waals surface area contributed by atoms with Crippen LogP contribution < -0.4 is 5.32 Å². The highest BCUT2D eigenvalue weighted by molar-refractivity contribution is 5.96. The molecule has 0 saturated heterocycles. The van der Waals surface area contributed by atoms with E-state index in [4.69, 9.17) is 4.74 Å². The highest BCUT2D eigenvalue weighted by atomic mass is 19.1. The Morgan fingerprint density at radius 3 is 2.83 bits per heavy atom. The standard InChI is InChI=1S/C25H23FN2O2/c1-30-20-7-4-6-17(13-20)21-10-9-19(23-16-27-12-11-22(21)23)15-28-25(29)14-18-5-2-3-8-24(18)26/h2-3,5,7-13,16H,4,6,14-15H2,1H3,(H,28,29). The lowest BCUT2D eigenvalue weighted by Crippen LogP contribution is -2.25. The minimum atomic E-state index is -0.364. The molecule has 4 nitrogen and oxygen atoms in total. The normalized spacial score (nSPS) is 13.5. The van der Waals surface area contributed by atoms with E-state index < -0.39 is 0 Å². The van der Waals surface area contributed by atoms with Crippen LogP contribution in [0.25, 0.3) is 16.3 Å². The van der Waals surface area contributed by atoms with Gasteiger partial charge in [-0.2, -0.15) is 0 Å². The SMILES string of the molecule is COC1=CCCC(c2ccc(CNC(=O)Cc3ccccc3F)c3cnccc23)=C1. The Bertz CT molecular complexity index is 1150. The predicted molar refractivity (Wildman–Crippen MR) is 116 cm³/mol. The van der Waals surface area contributed by atoms with E-state index in [-0.39, 0.29) is 18.1 Å². The van der Waals surface area contributed by atoms with Gasteiger partial charge in [-0.25, -0.2) is 4.39 Å². The molecule has 0 bridgehead atoms. The molecular weight excluding hydrogens is 379 g/mol. The predicted octanol–water partition coefficient (Wildman–Crippen LogP) is 4.94. The molecule has 3 aromatic rings. The molecule has 1 heterocycles. The number of methoxy groups -OCH3 is 1. The zero-order chi connectivity index (χ0) is 20.9. The van der Waals surface area contributed by atoms with Crippen molar-refractivity contribution < 1.29 is 13.9 Å². The minimum absolute atomic E-state index is 0.0138. The third-order valence-corrected chi connectivity index (χ3v) is 5.35. The van der Waals surface area contributed by atoms with Crippen molar-refractivity contribution in [1.82, 2.24) is 10.3 Å². The van der Waals surface area contributed by atoms with Crippen molar-refractivity contribution in [3.8, 4) is 0 Å². The van der Waals surface area contributed by atoms with Gasteiger partial charge in [0.1, 0.15) is 11.6 Å². The summed E-state index contributed by atoms with van der Waals surface area (Å²) in [6.45, 7) is 0.359. The molecule has 2 aromatic carbocycles. The topological polar surface area (TPSA) is 51.2 Å². The van der Waals surface area contributed by atoms with Crippen LogP contribution in [0.3, 0.4) is 0 Å². The number of carbonyl (C=O) groups is 1. The first-order chi connectivity index (χ1) is 14.7. The van der Waals surface area contributed by atoms with Gasteiger partial charge in [-0.1, -0.05) is 30.3 Å². The number of allylic oxidation sites excluding steroid dienone is 3. The van der Waals surface area contributed by atoms with Crippen LogP contribution in [0.4, 0.5) is 4.39 Å². The van der Waals surface area contributed by atoms with Gasteiger partial charge in [-0.05, 0) is 64.8 Å². The number of rotatable bonds is 6. The summed E-state index contributed by atoms with van der Waals surface area (Å²) in [5, 5.41) is 4.99. The Balaban J connectivity index is 1.56. The van der Waals surface area contributed by atoms with Crippen LogP contribution in [0.5, 0.6) is 0 Å². The highest BCUT2D eigenvalue weighted by Gasteiger charge is 2.14. The third kappa shape index (κ3) is 4.25. The van der Waals surface area contributed by atoms with E-state index in [1.54, 1.807) is 31.5 Å². The maximum Gasteiger partial charge on any atom is 0.224 e. The van der Waals surface area contributed by atoms with Gasteiger partial charge in [-0.3, -0.25) is 9.78 Å². The quantitative estimate of drug-likeness (QED) is 0.635. The van der Waals surface area contributed by atoms with E-state index in [0.717, 1.165) is 40.5 Å². The summed E-state index contributed by atoms with van der Waals surface area (Å²) in [6.07, 6.45) is 9.68. The van der Waals surface area contributed by atoms with Gasteiger partial charge < -0.3 is 10.1 Å². The van der Waals surface area contributed by atoms with Crippen molar-refractivity contribution in [2.24, 2.45) is 0 Å². The second-order valence-corrected chi connectivity index (χ2v) is 7.26. The second-order valence-electron chi connectivity index (χ2n) is 7.26. The number of halogens is 1. The van der Waals surface area contributed by atoms with Crippen LogP contribution in [0.1, 0.15) is 29.5 Å². The minimum Gasteiger partial charge on any atom is -0.497 e. The van der Waals surface area contributed by atoms with Crippen molar-refractivity contribution in [3.05, 3.63) is 95.3 Å². The number of nitrogens with one attached hydrogen (secondary N) is 1. The first kappa shape index (κ1) is 19.8. The Morgan fingerprint density at radius 2 is 2.00 bits per heavy atom. The molecule has 4 rings (SSSR count). The largest absolute Gasteiger partial charge is 0.497 e. The molecule has 1 N–H and O–H groups in total. The summed E-state index contributed by atoms with van der Waals surface area (Å²) >= 11 is 0. The molecule has 1 aliphatic carbocycles. The van der Waals surface area contributed by atoms with E-state index in [9.17, 15) is 9.18 Å². The van der Waals surface area contributed by atoms with Crippen molar-refractivity contribution in [3.63, 3.8) is 0 Å². The average molecular weight is 402 g/mol. The number of aromatic nitrogens is 1. The Hall–Kier alpha value is -3.47. The van der Waals surface area contributed by atoms with Crippen molar-refractivity contribution >= 4 is 22.3 Å². The lowest BCUT2D eigenvalue weighted by Gasteiger charge is -2.17. The second kappa shape index (κ2) is 8.91. The Kier molecular flexibility index (Phi) is 5.89. The summed E-state index contributed by atoms with van der Waals surface area (Å²) in [6, 6.07) is 12.5. The molecule has 5 heteroatoms. The Labute approximate surface area is 175 Å². The summed E-state index contributed by atoms with van der Waals surface area (Å²) in [7, 11) is 1.68. The molecule has 1 aromatic heterocycles. The van der Waals surface area contributed by atoms with Gasteiger partial charge in [0, 0.05) is 24.3 Å². The first-order valence-corrected chi connectivity index (χ1v) is 9.96. The third-order valence-electron chi connectivity index (χ3n) is 5.35. The number of hydrogen-bond acceptors (Lipinski definition) is 3. The van der Waals surface area contributed by atoms with Gasteiger partial charge in [-0.15, -0.1) is 0 Å². The molecule has 0 aliphatic heterocycles. The van der Waals surface area contributed by atoms with E-state index in [0.29, 0.717) is 12.1 Å². The molecule has 1 amide bonds. The smallest absolute Gasteiger partial charge is 0.224 e. The van der Waals surface area contributed by atoms with E-state index in [2.05, 4.69) is 28.5 Å². The number of amides is 1. The molecule has 0 radical (unpaired) electrons. The summed E-state index contributed by atoms with van der Waals surface area (Å²) in [5.41, 5.74) is 3.74. The molecule has 0 spiro atoms. The molecule has 30 heavy (non-hydrogen) atoms. The summed E-state index contributed by atoms with van der Waals surface area (Å²) in [4.78, 5) is 16.6. The molecule has 152 valence electrons. The molecular formula is C25H23FN2O2. The fraction of sp³-hybridized carbons (Fsp3) is 0.200. The van der Waals surface area contributed by atoms with Crippen LogP contribution in [-0.4, -0.2) is 18.0 Å². The molecule has 0 fully saturated rings. The maximum atomic E-state index is 13.8. The number of pyridine rings is 1. The number of nitrogens with zero attached hydrogens (tertiary/aromatic N) is 1. The zero-order valence-electron chi connectivity index (χ0n) is 16.8. The van der Waals surface area contributed by atoms with Crippen LogP contribution >= 0.6 is 0 Å². The Morgan fingerprint density at radius 1 is 1.13 bits per heavy atom. The van der Waals surface area contributed by atoms with Crippen LogP contribution in [0.2, 0.25) is 0 Å². The number of fused-ring (bicyclic) bond motifs is 1. The van der Waals surface area contributed by atoms with Crippen LogP contribution in [0.15, 0.2) is 72.8 Å². The maximum absolute atomic E-state index is 13.8. The molecule has 1 aliphatic rings. The van der Waals surface area contributed by atoms with Gasteiger partial charge in [0.05, 0.1) is 13.5 Å². The monoisotopic (exact) mass is 402 g/mol.